The molecule has 1 aromatic heterocycles. The summed E-state index contributed by atoms with van der Waals surface area (Å²) in [4.78, 5) is 40.2. The third-order valence-electron chi connectivity index (χ3n) is 5.93. The molecule has 2 atom stereocenters. The van der Waals surface area contributed by atoms with Crippen molar-refractivity contribution in [3.63, 3.8) is 0 Å². The van der Waals surface area contributed by atoms with Gasteiger partial charge in [0.25, 0.3) is 0 Å². The maximum absolute atomic E-state index is 13.2. The van der Waals surface area contributed by atoms with E-state index in [1.54, 1.807) is 11.1 Å². The van der Waals surface area contributed by atoms with E-state index in [0.29, 0.717) is 12.0 Å². The van der Waals surface area contributed by atoms with Crippen molar-refractivity contribution in [2.75, 3.05) is 13.7 Å². The minimum Gasteiger partial charge on any atom is -0.466 e. The van der Waals surface area contributed by atoms with Crippen LogP contribution in [0.2, 0.25) is 0 Å². The number of methoxy groups -OCH3 is 1. The monoisotopic (exact) mass is 468 g/mol. The zero-order valence-electron chi connectivity index (χ0n) is 20.8. The number of ether oxygens (including phenoxy) is 3. The molecule has 0 bridgehead atoms. The number of hydrogen-bond acceptors (Lipinski definition) is 6. The maximum Gasteiger partial charge on any atom is 0.419 e. The number of aromatic nitrogens is 1. The highest BCUT2D eigenvalue weighted by Gasteiger charge is 2.42. The standard InChI is InChI=1S/C26H32N2O6/c1-25(2,3)33-23(30)27-13-15-12-20-18(17-9-8-10-19(27)21(15)17)11-16(22(29)32-7)14-28(20)24(31)34-26(4,5)6/h8-11,13,18,20H,12,14H2,1-7H3/t18-,20+/m0/s1. The van der Waals surface area contributed by atoms with Gasteiger partial charge < -0.3 is 14.2 Å². The molecule has 0 radical (unpaired) electrons. The molecule has 0 saturated heterocycles. The molecule has 2 aliphatic rings. The van der Waals surface area contributed by atoms with Crippen molar-refractivity contribution in [2.24, 2.45) is 0 Å². The third kappa shape index (κ3) is 4.41. The van der Waals surface area contributed by atoms with Gasteiger partial charge in [-0.2, -0.15) is 0 Å². The molecular weight excluding hydrogens is 436 g/mol. The Kier molecular flexibility index (Phi) is 5.74. The topological polar surface area (TPSA) is 87.1 Å². The van der Waals surface area contributed by atoms with E-state index >= 15 is 0 Å². The minimum absolute atomic E-state index is 0.0981. The van der Waals surface area contributed by atoms with E-state index in [4.69, 9.17) is 14.2 Å². The Hall–Kier alpha value is -3.29. The number of rotatable bonds is 1. The molecule has 8 heteroatoms. The van der Waals surface area contributed by atoms with Gasteiger partial charge in [-0.05, 0) is 65.2 Å². The average molecular weight is 469 g/mol. The summed E-state index contributed by atoms with van der Waals surface area (Å²) < 4.78 is 17.8. The van der Waals surface area contributed by atoms with Crippen LogP contribution in [-0.2, 0) is 25.4 Å². The smallest absolute Gasteiger partial charge is 0.419 e. The Labute approximate surface area is 199 Å². The predicted molar refractivity (Wildman–Crippen MR) is 127 cm³/mol. The molecule has 1 aliphatic carbocycles. The summed E-state index contributed by atoms with van der Waals surface area (Å²) >= 11 is 0. The van der Waals surface area contributed by atoms with Crippen LogP contribution in [0.1, 0.15) is 58.6 Å². The summed E-state index contributed by atoms with van der Waals surface area (Å²) in [5, 5.41) is 0.945. The Morgan fingerprint density at radius 2 is 1.62 bits per heavy atom. The van der Waals surface area contributed by atoms with Crippen LogP contribution in [-0.4, -0.2) is 58.5 Å². The first-order chi connectivity index (χ1) is 15.8. The van der Waals surface area contributed by atoms with Crippen LogP contribution in [0.5, 0.6) is 0 Å². The van der Waals surface area contributed by atoms with Crippen LogP contribution in [0.15, 0.2) is 36.0 Å². The van der Waals surface area contributed by atoms with Crippen LogP contribution in [0, 0.1) is 0 Å². The lowest BCUT2D eigenvalue weighted by Crippen LogP contribution is -2.51. The lowest BCUT2D eigenvalue weighted by molar-refractivity contribution is -0.136. The molecular formula is C26H32N2O6. The highest BCUT2D eigenvalue weighted by atomic mass is 16.6. The fourth-order valence-electron chi connectivity index (χ4n) is 4.71. The second-order valence-electron chi connectivity index (χ2n) is 10.8. The zero-order valence-corrected chi connectivity index (χ0v) is 20.8. The van der Waals surface area contributed by atoms with Gasteiger partial charge in [0.15, 0.2) is 0 Å². The molecule has 2 heterocycles. The van der Waals surface area contributed by atoms with Crippen LogP contribution >= 0.6 is 0 Å². The molecule has 2 aromatic rings. The summed E-state index contributed by atoms with van der Waals surface area (Å²) in [6, 6.07) is 5.47. The van der Waals surface area contributed by atoms with Crippen molar-refractivity contribution in [3.05, 3.63) is 47.2 Å². The predicted octanol–water partition coefficient (Wildman–Crippen LogP) is 4.78. The zero-order chi connectivity index (χ0) is 25.0. The van der Waals surface area contributed by atoms with Crippen LogP contribution in [0.25, 0.3) is 10.9 Å². The van der Waals surface area contributed by atoms with Crippen molar-refractivity contribution < 1.29 is 28.6 Å². The van der Waals surface area contributed by atoms with E-state index in [1.165, 1.54) is 11.7 Å². The summed E-state index contributed by atoms with van der Waals surface area (Å²) in [5.74, 6) is -0.725. The Morgan fingerprint density at radius 1 is 0.971 bits per heavy atom. The highest BCUT2D eigenvalue weighted by Crippen LogP contribution is 2.43. The molecule has 34 heavy (non-hydrogen) atoms. The summed E-state index contributed by atoms with van der Waals surface area (Å²) in [5.41, 5.74) is 1.72. The normalized spacial score (nSPS) is 19.9. The average Bonchev–Trinajstić information content (AvgIpc) is 3.10. The third-order valence-corrected chi connectivity index (χ3v) is 5.93. The quantitative estimate of drug-likeness (QED) is 0.442. The fraction of sp³-hybridized carbons (Fsp3) is 0.500. The van der Waals surface area contributed by atoms with Gasteiger partial charge in [0.1, 0.15) is 11.2 Å². The largest absolute Gasteiger partial charge is 0.466 e. The second-order valence-corrected chi connectivity index (χ2v) is 10.8. The number of fused-ring (bicyclic) bond motifs is 2. The molecule has 1 amide bonds. The van der Waals surface area contributed by atoms with Crippen LogP contribution < -0.4 is 0 Å². The van der Waals surface area contributed by atoms with Crippen molar-refractivity contribution in [1.29, 1.82) is 0 Å². The Morgan fingerprint density at radius 3 is 2.24 bits per heavy atom. The summed E-state index contributed by atoms with van der Waals surface area (Å²) in [6.07, 6.45) is 3.25. The molecule has 1 aromatic carbocycles. The number of nitrogens with zero attached hydrogens (tertiary/aromatic N) is 2. The number of carbonyl (C=O) groups is 3. The molecule has 0 unspecified atom stereocenters. The minimum atomic E-state index is -0.681. The van der Waals surface area contributed by atoms with Gasteiger partial charge in [-0.1, -0.05) is 18.2 Å². The molecule has 1 aliphatic heterocycles. The first-order valence-electron chi connectivity index (χ1n) is 11.4. The van der Waals surface area contributed by atoms with Gasteiger partial charge in [0.2, 0.25) is 0 Å². The molecule has 0 N–H and O–H groups in total. The number of esters is 1. The molecule has 0 fully saturated rings. The Bertz CT molecular complexity index is 1190. The van der Waals surface area contributed by atoms with Crippen molar-refractivity contribution in [3.8, 4) is 0 Å². The van der Waals surface area contributed by atoms with E-state index in [9.17, 15) is 14.4 Å². The molecule has 0 saturated carbocycles. The lowest BCUT2D eigenvalue weighted by Gasteiger charge is -2.42. The molecule has 0 spiro atoms. The van der Waals surface area contributed by atoms with Gasteiger partial charge in [-0.3, -0.25) is 9.47 Å². The van der Waals surface area contributed by atoms with Crippen LogP contribution in [0.4, 0.5) is 9.59 Å². The van der Waals surface area contributed by atoms with Gasteiger partial charge in [-0.25, -0.2) is 14.4 Å². The highest BCUT2D eigenvalue weighted by molar-refractivity contribution is 5.96. The van der Waals surface area contributed by atoms with Crippen LogP contribution in [0.3, 0.4) is 0 Å². The fourth-order valence-corrected chi connectivity index (χ4v) is 4.71. The maximum atomic E-state index is 13.2. The van der Waals surface area contributed by atoms with E-state index in [1.807, 2.05) is 65.8 Å². The number of amides is 1. The van der Waals surface area contributed by atoms with Crippen molar-refractivity contribution in [1.82, 2.24) is 9.47 Å². The number of benzene rings is 1. The van der Waals surface area contributed by atoms with E-state index in [-0.39, 0.29) is 18.5 Å². The molecule has 8 nitrogen and oxygen atoms in total. The number of hydrogen-bond donors (Lipinski definition) is 0. The SMILES string of the molecule is COC(=O)C1=C[C@H]2c3cccc4c3c(cn4C(=O)OC(C)(C)C)C[C@H]2N(C(=O)OC(C)(C)C)C1. The molecule has 4 rings (SSSR count). The van der Waals surface area contributed by atoms with E-state index in [2.05, 4.69) is 0 Å². The van der Waals surface area contributed by atoms with E-state index < -0.39 is 29.4 Å². The van der Waals surface area contributed by atoms with E-state index in [0.717, 1.165) is 22.0 Å². The van der Waals surface area contributed by atoms with Gasteiger partial charge in [-0.15, -0.1) is 0 Å². The lowest BCUT2D eigenvalue weighted by atomic mass is 9.76. The van der Waals surface area contributed by atoms with Gasteiger partial charge >= 0.3 is 18.2 Å². The number of carbonyl (C=O) groups excluding carboxylic acids is 3. The first kappa shape index (κ1) is 23.9. The van der Waals surface area contributed by atoms with Gasteiger partial charge in [0.05, 0.1) is 24.7 Å². The second kappa shape index (κ2) is 8.18. The Balaban J connectivity index is 1.82. The van der Waals surface area contributed by atoms with Crippen molar-refractivity contribution in [2.45, 2.75) is 71.1 Å². The van der Waals surface area contributed by atoms with Crippen molar-refractivity contribution >= 4 is 29.1 Å². The van der Waals surface area contributed by atoms with Gasteiger partial charge in [0, 0.05) is 23.5 Å². The molecule has 182 valence electrons. The summed E-state index contributed by atoms with van der Waals surface area (Å²) in [6.45, 7) is 11.0. The first-order valence-corrected chi connectivity index (χ1v) is 11.4. The summed E-state index contributed by atoms with van der Waals surface area (Å²) in [7, 11) is 1.33.